The summed E-state index contributed by atoms with van der Waals surface area (Å²) in [5, 5.41) is 27.3. The Morgan fingerprint density at radius 3 is 2.37 bits per heavy atom. The maximum Gasteiger partial charge on any atom is 0.311 e. The molecular formula is C28H32N4O3. The van der Waals surface area contributed by atoms with Crippen LogP contribution in [0.15, 0.2) is 60.7 Å². The molecule has 1 unspecified atom stereocenters. The highest BCUT2D eigenvalue weighted by Gasteiger charge is 2.22. The summed E-state index contributed by atoms with van der Waals surface area (Å²) in [5.74, 6) is 0.294. The first-order chi connectivity index (χ1) is 16.8. The van der Waals surface area contributed by atoms with E-state index in [0.717, 1.165) is 53.6 Å². The molecule has 35 heavy (non-hydrogen) atoms. The second-order valence-corrected chi connectivity index (χ2v) is 9.30. The molecule has 3 aromatic carbocycles. The summed E-state index contributed by atoms with van der Waals surface area (Å²) in [6.07, 6.45) is 2.38. The first kappa shape index (κ1) is 24.3. The van der Waals surface area contributed by atoms with Crippen molar-refractivity contribution in [3.63, 3.8) is 0 Å². The molecule has 1 heterocycles. The van der Waals surface area contributed by atoms with E-state index in [4.69, 9.17) is 21.3 Å². The van der Waals surface area contributed by atoms with E-state index in [9.17, 15) is 9.90 Å². The Hall–Kier alpha value is -3.87. The van der Waals surface area contributed by atoms with Crippen molar-refractivity contribution in [3.8, 4) is 5.75 Å². The topological polar surface area (TPSA) is 123 Å². The van der Waals surface area contributed by atoms with Crippen molar-refractivity contribution in [1.29, 1.82) is 10.8 Å². The third kappa shape index (κ3) is 5.98. The number of likely N-dealkylation sites (tertiary alicyclic amines) is 1. The van der Waals surface area contributed by atoms with Gasteiger partial charge in [0.25, 0.3) is 0 Å². The van der Waals surface area contributed by atoms with Gasteiger partial charge in [0, 0.05) is 18.7 Å². The molecule has 1 aliphatic rings. The lowest BCUT2D eigenvalue weighted by atomic mass is 9.91. The van der Waals surface area contributed by atoms with Crippen LogP contribution in [0.3, 0.4) is 0 Å². The zero-order valence-corrected chi connectivity index (χ0v) is 20.0. The fraction of sp³-hybridized carbons (Fsp3) is 0.321. The summed E-state index contributed by atoms with van der Waals surface area (Å²) in [4.78, 5) is 14.2. The van der Waals surface area contributed by atoms with Crippen LogP contribution in [0.4, 0.5) is 0 Å². The smallest absolute Gasteiger partial charge is 0.311 e. The molecule has 1 aliphatic heterocycles. The molecule has 0 saturated carbocycles. The van der Waals surface area contributed by atoms with Gasteiger partial charge in [0.2, 0.25) is 0 Å². The minimum Gasteiger partial charge on any atom is -0.493 e. The molecule has 5 N–H and O–H groups in total. The molecule has 0 amide bonds. The van der Waals surface area contributed by atoms with Gasteiger partial charge in [-0.05, 0) is 72.2 Å². The van der Waals surface area contributed by atoms with E-state index in [1.165, 1.54) is 0 Å². The molecule has 1 saturated heterocycles. The van der Waals surface area contributed by atoms with Gasteiger partial charge in [0.15, 0.2) is 0 Å². The number of carboxylic acid groups (broad SMARTS) is 1. The number of aliphatic carboxylic acids is 1. The van der Waals surface area contributed by atoms with Crippen LogP contribution in [0.1, 0.15) is 42.4 Å². The fourth-order valence-corrected chi connectivity index (χ4v) is 4.62. The number of piperidine rings is 1. The number of nitrogens with zero attached hydrogens (tertiary/aromatic N) is 1. The first-order valence-electron chi connectivity index (χ1n) is 11.9. The predicted molar refractivity (Wildman–Crippen MR) is 139 cm³/mol. The second-order valence-electron chi connectivity index (χ2n) is 9.30. The Balaban J connectivity index is 1.41. The van der Waals surface area contributed by atoms with Crippen LogP contribution in [0.5, 0.6) is 5.75 Å². The number of fused-ring (bicyclic) bond motifs is 1. The van der Waals surface area contributed by atoms with Gasteiger partial charge >= 0.3 is 5.97 Å². The molecular weight excluding hydrogens is 440 g/mol. The molecule has 1 atom stereocenters. The summed E-state index contributed by atoms with van der Waals surface area (Å²) in [6, 6.07) is 18.9. The van der Waals surface area contributed by atoms with Crippen LogP contribution < -0.4 is 10.5 Å². The lowest BCUT2D eigenvalue weighted by Crippen LogP contribution is -2.38. The Morgan fingerprint density at radius 2 is 1.74 bits per heavy atom. The maximum absolute atomic E-state index is 12.1. The minimum atomic E-state index is -0.871. The molecule has 4 rings (SSSR count). The lowest BCUT2D eigenvalue weighted by molar-refractivity contribution is -0.138. The number of carbonyl (C=O) groups is 1. The zero-order valence-electron chi connectivity index (χ0n) is 20.0. The zero-order chi connectivity index (χ0) is 24.9. The van der Waals surface area contributed by atoms with E-state index in [1.807, 2.05) is 67.6 Å². The van der Waals surface area contributed by atoms with Crippen molar-refractivity contribution in [3.05, 3.63) is 77.4 Å². The van der Waals surface area contributed by atoms with Gasteiger partial charge < -0.3 is 20.5 Å². The summed E-state index contributed by atoms with van der Waals surface area (Å²) in [6.45, 7) is 4.25. The summed E-state index contributed by atoms with van der Waals surface area (Å²) in [7, 11) is 0. The molecule has 7 nitrogen and oxygen atoms in total. The first-order valence-corrected chi connectivity index (χ1v) is 11.9. The van der Waals surface area contributed by atoms with E-state index < -0.39 is 11.9 Å². The second kappa shape index (κ2) is 10.6. The van der Waals surface area contributed by atoms with Crippen LogP contribution in [0, 0.1) is 16.7 Å². The minimum absolute atomic E-state index is 0.00921. The Kier molecular flexibility index (Phi) is 7.34. The van der Waals surface area contributed by atoms with Crippen LogP contribution in [-0.2, 0) is 11.2 Å². The highest BCUT2D eigenvalue weighted by molar-refractivity contribution is 5.99. The summed E-state index contributed by atoms with van der Waals surface area (Å²) >= 11 is 0. The molecule has 0 radical (unpaired) electrons. The Labute approximate surface area is 205 Å². The largest absolute Gasteiger partial charge is 0.493 e. The molecule has 3 aromatic rings. The lowest BCUT2D eigenvalue weighted by Gasteiger charge is -2.32. The number of hydrogen-bond donors (Lipinski definition) is 4. The Bertz CT molecular complexity index is 1230. The number of hydrogen-bond acceptors (Lipinski definition) is 4. The number of ether oxygens (including phenoxy) is 1. The standard InChI is InChI=1S/C28H32N4O3/c1-18(29)32-12-10-19(11-13-32)17-35-25-8-6-22(7-9-25)26(28(33)34)15-20-2-3-21-4-5-23(27(30)31)16-24(21)14-20/h2-9,14,16,19,26,29H,10-13,15,17H2,1H3,(H3,30,31)(H,33,34). The maximum atomic E-state index is 12.1. The number of rotatable bonds is 8. The van der Waals surface area contributed by atoms with Crippen molar-refractivity contribution in [2.24, 2.45) is 11.7 Å². The quantitative estimate of drug-likeness (QED) is 0.281. The van der Waals surface area contributed by atoms with Gasteiger partial charge in [-0.3, -0.25) is 15.6 Å². The van der Waals surface area contributed by atoms with Crippen molar-refractivity contribution < 1.29 is 14.6 Å². The average molecular weight is 473 g/mol. The molecule has 0 aliphatic carbocycles. The van der Waals surface area contributed by atoms with Gasteiger partial charge in [-0.2, -0.15) is 0 Å². The number of nitrogens with one attached hydrogen (secondary N) is 2. The highest BCUT2D eigenvalue weighted by Crippen LogP contribution is 2.27. The van der Waals surface area contributed by atoms with Gasteiger partial charge in [0.1, 0.15) is 11.6 Å². The number of carboxylic acids is 1. The summed E-state index contributed by atoms with van der Waals surface area (Å²) < 4.78 is 5.99. The van der Waals surface area contributed by atoms with Gasteiger partial charge in [-0.15, -0.1) is 0 Å². The van der Waals surface area contributed by atoms with E-state index in [-0.39, 0.29) is 5.84 Å². The van der Waals surface area contributed by atoms with Crippen LogP contribution >= 0.6 is 0 Å². The van der Waals surface area contributed by atoms with Crippen LogP contribution in [-0.4, -0.2) is 47.3 Å². The molecule has 0 aromatic heterocycles. The van der Waals surface area contributed by atoms with E-state index in [2.05, 4.69) is 4.90 Å². The number of amidine groups is 2. The van der Waals surface area contributed by atoms with Crippen molar-refractivity contribution in [2.75, 3.05) is 19.7 Å². The monoisotopic (exact) mass is 472 g/mol. The SMILES string of the molecule is CC(=N)N1CCC(COc2ccc(C(Cc3ccc4ccc(C(=N)N)cc4c3)C(=O)O)cc2)CC1. The van der Waals surface area contributed by atoms with E-state index in [1.54, 1.807) is 0 Å². The fourth-order valence-electron chi connectivity index (χ4n) is 4.62. The molecule has 0 spiro atoms. The Morgan fingerprint density at radius 1 is 1.06 bits per heavy atom. The third-order valence-electron chi connectivity index (χ3n) is 6.81. The number of nitrogens with two attached hydrogens (primary N) is 1. The van der Waals surface area contributed by atoms with Crippen LogP contribution in [0.2, 0.25) is 0 Å². The van der Waals surface area contributed by atoms with E-state index in [0.29, 0.717) is 30.3 Å². The normalized spacial score (nSPS) is 15.1. The average Bonchev–Trinajstić information content (AvgIpc) is 2.86. The summed E-state index contributed by atoms with van der Waals surface area (Å²) in [5.41, 5.74) is 7.91. The van der Waals surface area contributed by atoms with Crippen molar-refractivity contribution in [1.82, 2.24) is 4.90 Å². The molecule has 0 bridgehead atoms. The van der Waals surface area contributed by atoms with Gasteiger partial charge in [-0.1, -0.05) is 42.5 Å². The van der Waals surface area contributed by atoms with Gasteiger partial charge in [-0.25, -0.2) is 0 Å². The van der Waals surface area contributed by atoms with Gasteiger partial charge in [0.05, 0.1) is 18.4 Å². The molecule has 182 valence electrons. The molecule has 1 fully saturated rings. The predicted octanol–water partition coefficient (Wildman–Crippen LogP) is 4.62. The van der Waals surface area contributed by atoms with E-state index >= 15 is 0 Å². The number of nitrogen functional groups attached to an aromatic ring is 1. The van der Waals surface area contributed by atoms with Crippen LogP contribution in [0.25, 0.3) is 10.8 Å². The third-order valence-corrected chi connectivity index (χ3v) is 6.81. The highest BCUT2D eigenvalue weighted by atomic mass is 16.5. The van der Waals surface area contributed by atoms with Crippen molar-refractivity contribution >= 4 is 28.4 Å². The van der Waals surface area contributed by atoms with Crippen molar-refractivity contribution in [2.45, 2.75) is 32.1 Å². The number of benzene rings is 3. The molecule has 7 heteroatoms.